The average molecular weight is 247 g/mol. The molecular formula is C14H21N3O. The minimum atomic E-state index is 0.109. The maximum absolute atomic E-state index is 11.4. The van der Waals surface area contributed by atoms with Crippen LogP contribution >= 0.6 is 0 Å². The molecule has 2 N–H and O–H groups in total. The normalized spacial score (nSPS) is 15.7. The molecule has 0 unspecified atom stereocenters. The van der Waals surface area contributed by atoms with Gasteiger partial charge in [-0.2, -0.15) is 0 Å². The highest BCUT2D eigenvalue weighted by Crippen LogP contribution is 2.21. The predicted molar refractivity (Wildman–Crippen MR) is 73.8 cm³/mol. The van der Waals surface area contributed by atoms with Gasteiger partial charge in [-0.1, -0.05) is 19.1 Å². The summed E-state index contributed by atoms with van der Waals surface area (Å²) in [6.45, 7) is 8.18. The third-order valence-corrected chi connectivity index (χ3v) is 3.22. The number of hydrogen-bond acceptors (Lipinski definition) is 3. The average Bonchev–Trinajstić information content (AvgIpc) is 2.36. The van der Waals surface area contributed by atoms with Gasteiger partial charge in [0, 0.05) is 25.3 Å². The number of carbonyl (C=O) groups is 1. The minimum Gasteiger partial charge on any atom is -0.360 e. The summed E-state index contributed by atoms with van der Waals surface area (Å²) in [7, 11) is 0. The maximum Gasteiger partial charge on any atom is 0.239 e. The van der Waals surface area contributed by atoms with Gasteiger partial charge in [0.05, 0.1) is 6.54 Å². The van der Waals surface area contributed by atoms with Gasteiger partial charge in [0.1, 0.15) is 0 Å². The van der Waals surface area contributed by atoms with E-state index in [2.05, 4.69) is 47.6 Å². The van der Waals surface area contributed by atoms with Gasteiger partial charge in [-0.25, -0.2) is 0 Å². The van der Waals surface area contributed by atoms with E-state index in [4.69, 9.17) is 0 Å². The molecule has 0 spiro atoms. The molecule has 4 heteroatoms. The van der Waals surface area contributed by atoms with Gasteiger partial charge in [0.2, 0.25) is 5.91 Å². The molecule has 1 aromatic carbocycles. The van der Waals surface area contributed by atoms with Gasteiger partial charge < -0.3 is 15.5 Å². The van der Waals surface area contributed by atoms with Crippen molar-refractivity contribution in [3.05, 3.63) is 29.3 Å². The molecule has 2 rings (SSSR count). The second kappa shape index (κ2) is 5.87. The number of hydrogen-bond donors (Lipinski definition) is 2. The van der Waals surface area contributed by atoms with Crippen molar-refractivity contribution in [2.75, 3.05) is 31.1 Å². The van der Waals surface area contributed by atoms with Crippen LogP contribution in [0.5, 0.6) is 0 Å². The molecule has 18 heavy (non-hydrogen) atoms. The van der Waals surface area contributed by atoms with Crippen LogP contribution in [0.3, 0.4) is 0 Å². The SMILES string of the molecule is CCNCc1ccc(N2CCNC(=O)C2)c(C)c1. The zero-order valence-corrected chi connectivity index (χ0v) is 11.1. The Balaban J connectivity index is 2.11. The number of rotatable bonds is 4. The Hall–Kier alpha value is -1.55. The molecule has 0 aliphatic carbocycles. The molecule has 1 fully saturated rings. The van der Waals surface area contributed by atoms with Crippen molar-refractivity contribution >= 4 is 11.6 Å². The lowest BCUT2D eigenvalue weighted by Gasteiger charge is -2.30. The zero-order chi connectivity index (χ0) is 13.0. The van der Waals surface area contributed by atoms with Crippen LogP contribution in [0.2, 0.25) is 0 Å². The van der Waals surface area contributed by atoms with E-state index in [0.29, 0.717) is 6.54 Å². The topological polar surface area (TPSA) is 44.4 Å². The summed E-state index contributed by atoms with van der Waals surface area (Å²) in [6, 6.07) is 6.46. The first-order valence-electron chi connectivity index (χ1n) is 6.52. The molecule has 1 aromatic rings. The smallest absolute Gasteiger partial charge is 0.239 e. The minimum absolute atomic E-state index is 0.109. The van der Waals surface area contributed by atoms with E-state index < -0.39 is 0 Å². The number of amides is 1. The van der Waals surface area contributed by atoms with Crippen molar-refractivity contribution in [1.82, 2.24) is 10.6 Å². The number of nitrogens with one attached hydrogen (secondary N) is 2. The highest BCUT2D eigenvalue weighted by atomic mass is 16.2. The van der Waals surface area contributed by atoms with E-state index in [1.54, 1.807) is 0 Å². The van der Waals surface area contributed by atoms with E-state index in [0.717, 1.165) is 26.2 Å². The van der Waals surface area contributed by atoms with Crippen LogP contribution in [0.1, 0.15) is 18.1 Å². The molecule has 4 nitrogen and oxygen atoms in total. The first-order chi connectivity index (χ1) is 8.70. The summed E-state index contributed by atoms with van der Waals surface area (Å²) in [5, 5.41) is 6.17. The molecule has 0 aromatic heterocycles. The van der Waals surface area contributed by atoms with E-state index >= 15 is 0 Å². The quantitative estimate of drug-likeness (QED) is 0.835. The highest BCUT2D eigenvalue weighted by molar-refractivity contribution is 5.83. The van der Waals surface area contributed by atoms with Crippen LogP contribution in [-0.2, 0) is 11.3 Å². The lowest BCUT2D eigenvalue weighted by atomic mass is 10.1. The molecule has 0 saturated carbocycles. The predicted octanol–water partition coefficient (Wildman–Crippen LogP) is 1.04. The molecule has 98 valence electrons. The number of benzene rings is 1. The Kier molecular flexibility index (Phi) is 4.20. The van der Waals surface area contributed by atoms with Crippen LogP contribution in [-0.4, -0.2) is 32.1 Å². The van der Waals surface area contributed by atoms with Gasteiger partial charge in [-0.05, 0) is 30.7 Å². The van der Waals surface area contributed by atoms with E-state index in [9.17, 15) is 4.79 Å². The lowest BCUT2D eigenvalue weighted by molar-refractivity contribution is -0.120. The molecule has 0 bridgehead atoms. The summed E-state index contributed by atoms with van der Waals surface area (Å²) in [4.78, 5) is 13.5. The molecule has 1 aliphatic heterocycles. The zero-order valence-electron chi connectivity index (χ0n) is 11.1. The number of nitrogens with zero attached hydrogens (tertiary/aromatic N) is 1. The number of aryl methyl sites for hydroxylation is 1. The van der Waals surface area contributed by atoms with Gasteiger partial charge in [-0.3, -0.25) is 4.79 Å². The molecular weight excluding hydrogens is 226 g/mol. The molecule has 1 aliphatic rings. The summed E-state index contributed by atoms with van der Waals surface area (Å²) in [5.41, 5.74) is 3.70. The maximum atomic E-state index is 11.4. The summed E-state index contributed by atoms with van der Waals surface area (Å²) in [6.07, 6.45) is 0. The number of piperazine rings is 1. The molecule has 1 saturated heterocycles. The van der Waals surface area contributed by atoms with Crippen LogP contribution in [0.15, 0.2) is 18.2 Å². The summed E-state index contributed by atoms with van der Waals surface area (Å²) >= 11 is 0. The van der Waals surface area contributed by atoms with Gasteiger partial charge in [0.15, 0.2) is 0 Å². The number of anilines is 1. The van der Waals surface area contributed by atoms with Gasteiger partial charge >= 0.3 is 0 Å². The third-order valence-electron chi connectivity index (χ3n) is 3.22. The second-order valence-corrected chi connectivity index (χ2v) is 4.67. The number of carbonyl (C=O) groups excluding carboxylic acids is 1. The fourth-order valence-corrected chi connectivity index (χ4v) is 2.30. The van der Waals surface area contributed by atoms with E-state index in [1.807, 2.05) is 0 Å². The van der Waals surface area contributed by atoms with E-state index in [-0.39, 0.29) is 5.91 Å². The van der Waals surface area contributed by atoms with Gasteiger partial charge in [0.25, 0.3) is 0 Å². The van der Waals surface area contributed by atoms with Crippen molar-refractivity contribution in [1.29, 1.82) is 0 Å². The molecule has 1 amide bonds. The van der Waals surface area contributed by atoms with Crippen LogP contribution in [0, 0.1) is 6.92 Å². The third kappa shape index (κ3) is 3.01. The molecule has 0 radical (unpaired) electrons. The summed E-state index contributed by atoms with van der Waals surface area (Å²) in [5.74, 6) is 0.109. The Morgan fingerprint density at radius 2 is 2.28 bits per heavy atom. The van der Waals surface area contributed by atoms with E-state index in [1.165, 1.54) is 16.8 Å². The first-order valence-corrected chi connectivity index (χ1v) is 6.52. The first kappa shape index (κ1) is 12.9. The van der Waals surface area contributed by atoms with Crippen LogP contribution < -0.4 is 15.5 Å². The van der Waals surface area contributed by atoms with Crippen molar-refractivity contribution in [2.45, 2.75) is 20.4 Å². The fourth-order valence-electron chi connectivity index (χ4n) is 2.30. The largest absolute Gasteiger partial charge is 0.360 e. The molecule has 0 atom stereocenters. The Morgan fingerprint density at radius 1 is 1.44 bits per heavy atom. The highest BCUT2D eigenvalue weighted by Gasteiger charge is 2.17. The Bertz CT molecular complexity index is 431. The van der Waals surface area contributed by atoms with Crippen molar-refractivity contribution in [3.8, 4) is 0 Å². The summed E-state index contributed by atoms with van der Waals surface area (Å²) < 4.78 is 0. The standard InChI is InChI=1S/C14H21N3O/c1-3-15-9-12-4-5-13(11(2)8-12)17-7-6-16-14(18)10-17/h4-5,8,15H,3,6-7,9-10H2,1-2H3,(H,16,18). The van der Waals surface area contributed by atoms with Crippen molar-refractivity contribution < 1.29 is 4.79 Å². The van der Waals surface area contributed by atoms with Crippen molar-refractivity contribution in [2.24, 2.45) is 0 Å². The van der Waals surface area contributed by atoms with Crippen LogP contribution in [0.25, 0.3) is 0 Å². The van der Waals surface area contributed by atoms with Crippen LogP contribution in [0.4, 0.5) is 5.69 Å². The second-order valence-electron chi connectivity index (χ2n) is 4.67. The Morgan fingerprint density at radius 3 is 2.94 bits per heavy atom. The lowest BCUT2D eigenvalue weighted by Crippen LogP contribution is -2.47. The van der Waals surface area contributed by atoms with Gasteiger partial charge in [-0.15, -0.1) is 0 Å². The fraction of sp³-hybridized carbons (Fsp3) is 0.500. The van der Waals surface area contributed by atoms with Crippen molar-refractivity contribution in [3.63, 3.8) is 0 Å². The molecule has 1 heterocycles. The Labute approximate surface area is 108 Å². The monoisotopic (exact) mass is 247 g/mol.